The molecule has 8 nitrogen and oxygen atoms in total. The van der Waals surface area contributed by atoms with Crippen LogP contribution in [-0.4, -0.2) is 43.3 Å². The third-order valence-corrected chi connectivity index (χ3v) is 4.27. The van der Waals surface area contributed by atoms with Crippen molar-refractivity contribution in [1.82, 2.24) is 5.43 Å². The van der Waals surface area contributed by atoms with Crippen molar-refractivity contribution in [3.05, 3.63) is 68.7 Å². The van der Waals surface area contributed by atoms with Gasteiger partial charge in [0.15, 0.2) is 0 Å². The van der Waals surface area contributed by atoms with E-state index in [2.05, 4.69) is 15.4 Å². The van der Waals surface area contributed by atoms with Crippen LogP contribution in [0.1, 0.15) is 15.9 Å². The molecule has 1 amide bonds. The van der Waals surface area contributed by atoms with Gasteiger partial charge in [0, 0.05) is 47.1 Å². The predicted molar refractivity (Wildman–Crippen MR) is 103 cm³/mol. The summed E-state index contributed by atoms with van der Waals surface area (Å²) in [6.45, 7) is 2.51. The number of non-ortho nitro benzene ring substituents is 1. The molecule has 0 radical (unpaired) electrons. The van der Waals surface area contributed by atoms with E-state index in [1.165, 1.54) is 24.4 Å². The van der Waals surface area contributed by atoms with Crippen molar-refractivity contribution < 1.29 is 14.5 Å². The van der Waals surface area contributed by atoms with Crippen LogP contribution in [0.5, 0.6) is 0 Å². The molecule has 2 aromatic rings. The molecule has 27 heavy (non-hydrogen) atoms. The van der Waals surface area contributed by atoms with E-state index < -0.39 is 10.8 Å². The molecule has 3 rings (SSSR count). The Morgan fingerprint density at radius 2 is 2.04 bits per heavy atom. The summed E-state index contributed by atoms with van der Waals surface area (Å²) in [6.07, 6.45) is 1.40. The fourth-order valence-corrected chi connectivity index (χ4v) is 2.90. The first-order chi connectivity index (χ1) is 13.0. The molecule has 1 fully saturated rings. The SMILES string of the molecule is O=C(NN=Cc1cc([N+](=O)[O-])ccc1N1CCOCC1)c1cccc(Cl)c1. The Kier molecular flexibility index (Phi) is 6.00. The molecule has 0 saturated carbocycles. The van der Waals surface area contributed by atoms with E-state index >= 15 is 0 Å². The van der Waals surface area contributed by atoms with Gasteiger partial charge in [0.2, 0.25) is 0 Å². The number of amides is 1. The highest BCUT2D eigenvalue weighted by molar-refractivity contribution is 6.30. The number of halogens is 1. The van der Waals surface area contributed by atoms with Gasteiger partial charge in [0.05, 0.1) is 24.4 Å². The average Bonchev–Trinajstić information content (AvgIpc) is 2.68. The standard InChI is InChI=1S/C18H17ClN4O4/c19-15-3-1-2-13(10-15)18(24)21-20-12-14-11-16(23(25)26)4-5-17(14)22-6-8-27-9-7-22/h1-5,10-12H,6-9H2,(H,21,24). The first-order valence-electron chi connectivity index (χ1n) is 8.25. The molecular weight excluding hydrogens is 372 g/mol. The summed E-state index contributed by atoms with van der Waals surface area (Å²) in [5, 5.41) is 15.5. The van der Waals surface area contributed by atoms with Gasteiger partial charge in [-0.25, -0.2) is 5.43 Å². The third kappa shape index (κ3) is 4.81. The quantitative estimate of drug-likeness (QED) is 0.482. The third-order valence-electron chi connectivity index (χ3n) is 4.03. The molecule has 0 aromatic heterocycles. The Labute approximate surface area is 160 Å². The van der Waals surface area contributed by atoms with Crippen LogP contribution >= 0.6 is 11.6 Å². The molecule has 140 valence electrons. The second-order valence-corrected chi connectivity index (χ2v) is 6.25. The number of ether oxygens (including phenoxy) is 1. The van der Waals surface area contributed by atoms with E-state index in [9.17, 15) is 14.9 Å². The lowest BCUT2D eigenvalue weighted by molar-refractivity contribution is -0.384. The van der Waals surface area contributed by atoms with Crippen molar-refractivity contribution in [2.24, 2.45) is 5.10 Å². The molecule has 1 N–H and O–H groups in total. The largest absolute Gasteiger partial charge is 0.378 e. The van der Waals surface area contributed by atoms with Gasteiger partial charge in [-0.1, -0.05) is 17.7 Å². The van der Waals surface area contributed by atoms with Crippen molar-refractivity contribution in [3.8, 4) is 0 Å². The molecule has 1 saturated heterocycles. The summed E-state index contributed by atoms with van der Waals surface area (Å²) in [5.41, 5.74) is 4.07. The number of nitrogens with one attached hydrogen (secondary N) is 1. The molecule has 1 heterocycles. The van der Waals surface area contributed by atoms with Crippen LogP contribution in [0.25, 0.3) is 0 Å². The smallest absolute Gasteiger partial charge is 0.271 e. The van der Waals surface area contributed by atoms with Crippen LogP contribution in [-0.2, 0) is 4.74 Å². The maximum absolute atomic E-state index is 12.1. The first kappa shape index (κ1) is 18.8. The number of morpholine rings is 1. The zero-order valence-electron chi connectivity index (χ0n) is 14.3. The topological polar surface area (TPSA) is 97.1 Å². The van der Waals surface area contributed by atoms with Crippen LogP contribution in [0.2, 0.25) is 5.02 Å². The Balaban J connectivity index is 1.80. The summed E-state index contributed by atoms with van der Waals surface area (Å²) >= 11 is 5.87. The summed E-state index contributed by atoms with van der Waals surface area (Å²) in [7, 11) is 0. The fraction of sp³-hybridized carbons (Fsp3) is 0.222. The van der Waals surface area contributed by atoms with Gasteiger partial charge in [-0.15, -0.1) is 0 Å². The number of hydrogen-bond donors (Lipinski definition) is 1. The highest BCUT2D eigenvalue weighted by Gasteiger charge is 2.17. The number of carbonyl (C=O) groups is 1. The van der Waals surface area contributed by atoms with E-state index in [1.807, 2.05) is 0 Å². The molecule has 1 aliphatic heterocycles. The normalized spacial score (nSPS) is 14.3. The van der Waals surface area contributed by atoms with Gasteiger partial charge in [0.1, 0.15) is 0 Å². The Morgan fingerprint density at radius 3 is 2.74 bits per heavy atom. The monoisotopic (exact) mass is 388 g/mol. The number of rotatable bonds is 5. The summed E-state index contributed by atoms with van der Waals surface area (Å²) < 4.78 is 5.34. The molecule has 0 bridgehead atoms. The summed E-state index contributed by atoms with van der Waals surface area (Å²) in [4.78, 5) is 24.8. The van der Waals surface area contributed by atoms with Crippen molar-refractivity contribution in [3.63, 3.8) is 0 Å². The fourth-order valence-electron chi connectivity index (χ4n) is 2.71. The zero-order valence-corrected chi connectivity index (χ0v) is 15.1. The summed E-state index contributed by atoms with van der Waals surface area (Å²) in [6, 6.07) is 11.0. The van der Waals surface area contributed by atoms with Gasteiger partial charge in [-0.05, 0) is 24.3 Å². The highest BCUT2D eigenvalue weighted by Crippen LogP contribution is 2.25. The maximum atomic E-state index is 12.1. The number of anilines is 1. The predicted octanol–water partition coefficient (Wildman–Crippen LogP) is 2.85. The van der Waals surface area contributed by atoms with E-state index in [0.717, 1.165) is 5.69 Å². The number of nitro groups is 1. The maximum Gasteiger partial charge on any atom is 0.271 e. The van der Waals surface area contributed by atoms with Crippen molar-refractivity contribution in [2.75, 3.05) is 31.2 Å². The lowest BCUT2D eigenvalue weighted by Crippen LogP contribution is -2.36. The molecule has 2 aromatic carbocycles. The second-order valence-electron chi connectivity index (χ2n) is 5.81. The Hall–Kier alpha value is -2.97. The second kappa shape index (κ2) is 8.61. The number of hydrazone groups is 1. The van der Waals surface area contributed by atoms with Crippen LogP contribution in [0, 0.1) is 10.1 Å². The summed E-state index contributed by atoms with van der Waals surface area (Å²) in [5.74, 6) is -0.424. The number of benzene rings is 2. The molecule has 0 unspecified atom stereocenters. The van der Waals surface area contributed by atoms with Gasteiger partial charge in [-0.2, -0.15) is 5.10 Å². The molecule has 9 heteroatoms. The molecule has 0 aliphatic carbocycles. The van der Waals surface area contributed by atoms with Crippen LogP contribution in [0.4, 0.5) is 11.4 Å². The van der Waals surface area contributed by atoms with Gasteiger partial charge in [-0.3, -0.25) is 14.9 Å². The Bertz CT molecular complexity index is 881. The van der Waals surface area contributed by atoms with E-state index in [-0.39, 0.29) is 5.69 Å². The highest BCUT2D eigenvalue weighted by atomic mass is 35.5. The minimum atomic E-state index is -0.467. The minimum absolute atomic E-state index is 0.0466. The van der Waals surface area contributed by atoms with Gasteiger partial charge >= 0.3 is 0 Å². The average molecular weight is 389 g/mol. The zero-order chi connectivity index (χ0) is 19.2. The van der Waals surface area contributed by atoms with E-state index in [4.69, 9.17) is 16.3 Å². The number of carbonyl (C=O) groups excluding carboxylic acids is 1. The van der Waals surface area contributed by atoms with Crippen LogP contribution < -0.4 is 10.3 Å². The lowest BCUT2D eigenvalue weighted by atomic mass is 10.1. The molecule has 0 atom stereocenters. The van der Waals surface area contributed by atoms with Crippen LogP contribution in [0.3, 0.4) is 0 Å². The van der Waals surface area contributed by atoms with Crippen molar-refractivity contribution >= 4 is 35.1 Å². The van der Waals surface area contributed by atoms with Crippen molar-refractivity contribution in [2.45, 2.75) is 0 Å². The Morgan fingerprint density at radius 1 is 1.26 bits per heavy atom. The lowest BCUT2D eigenvalue weighted by Gasteiger charge is -2.29. The molecule has 0 spiro atoms. The first-order valence-corrected chi connectivity index (χ1v) is 8.62. The van der Waals surface area contributed by atoms with Crippen molar-refractivity contribution in [1.29, 1.82) is 0 Å². The van der Waals surface area contributed by atoms with Gasteiger partial charge < -0.3 is 9.64 Å². The van der Waals surface area contributed by atoms with E-state index in [1.54, 1.807) is 24.3 Å². The van der Waals surface area contributed by atoms with Gasteiger partial charge in [0.25, 0.3) is 11.6 Å². The molecule has 1 aliphatic rings. The molecular formula is C18H17ClN4O4. The number of hydrogen-bond acceptors (Lipinski definition) is 6. The number of nitro benzene ring substituents is 1. The van der Waals surface area contributed by atoms with Crippen LogP contribution in [0.15, 0.2) is 47.6 Å². The minimum Gasteiger partial charge on any atom is -0.378 e. The number of nitrogens with zero attached hydrogens (tertiary/aromatic N) is 3. The van der Waals surface area contributed by atoms with E-state index in [0.29, 0.717) is 42.5 Å².